The van der Waals surface area contributed by atoms with Gasteiger partial charge in [-0.3, -0.25) is 9.89 Å². The lowest BCUT2D eigenvalue weighted by Crippen LogP contribution is -2.37. The summed E-state index contributed by atoms with van der Waals surface area (Å²) in [4.78, 5) is 18.2. The van der Waals surface area contributed by atoms with Crippen LogP contribution < -0.4 is 0 Å². The van der Waals surface area contributed by atoms with Crippen molar-refractivity contribution in [3.63, 3.8) is 0 Å². The van der Waals surface area contributed by atoms with Crippen molar-refractivity contribution in [1.29, 1.82) is 0 Å². The van der Waals surface area contributed by atoms with Crippen LogP contribution in [0.2, 0.25) is 5.02 Å². The fraction of sp³-hybridized carbons (Fsp3) is 0.333. The van der Waals surface area contributed by atoms with E-state index in [1.807, 2.05) is 12.1 Å². The van der Waals surface area contributed by atoms with Crippen LogP contribution in [0.4, 0.5) is 0 Å². The van der Waals surface area contributed by atoms with E-state index in [-0.39, 0.29) is 5.71 Å². The van der Waals surface area contributed by atoms with Gasteiger partial charge in [-0.1, -0.05) is 48.0 Å². The smallest absolute Gasteiger partial charge is 0.354 e. The summed E-state index contributed by atoms with van der Waals surface area (Å²) in [6.07, 6.45) is 0.992. The molecule has 0 spiro atoms. The number of benzene rings is 2. The van der Waals surface area contributed by atoms with Crippen molar-refractivity contribution in [3.05, 3.63) is 70.2 Å². The third kappa shape index (κ3) is 5.89. The van der Waals surface area contributed by atoms with Gasteiger partial charge in [0.2, 0.25) is 0 Å². The lowest BCUT2D eigenvalue weighted by Gasteiger charge is -2.26. The molecule has 0 amide bonds. The molecule has 5 nitrogen and oxygen atoms in total. The second-order valence-corrected chi connectivity index (χ2v) is 6.94. The van der Waals surface area contributed by atoms with Gasteiger partial charge in [0.1, 0.15) is 0 Å². The van der Waals surface area contributed by atoms with Crippen LogP contribution in [-0.2, 0) is 22.5 Å². The zero-order valence-electron chi connectivity index (χ0n) is 15.1. The van der Waals surface area contributed by atoms with E-state index < -0.39 is 5.97 Å². The van der Waals surface area contributed by atoms with E-state index in [0.29, 0.717) is 17.1 Å². The number of halogens is 1. The summed E-state index contributed by atoms with van der Waals surface area (Å²) in [5.41, 5.74) is 2.78. The van der Waals surface area contributed by atoms with Gasteiger partial charge in [-0.05, 0) is 29.7 Å². The molecule has 0 aliphatic carbocycles. The third-order valence-electron chi connectivity index (χ3n) is 4.56. The van der Waals surface area contributed by atoms with Crippen LogP contribution in [0.5, 0.6) is 0 Å². The molecule has 1 aliphatic rings. The molecule has 1 heterocycles. The standard InChI is InChI=1S/C21H23ClN2O3/c22-19-3-1-2-18(14-19)20(21(25)26)23-15-17-6-4-16(5-7-17)8-9-24-10-12-27-13-11-24/h1-7,14H,8-13,15H2,(H,25,26). The van der Waals surface area contributed by atoms with E-state index in [0.717, 1.165) is 44.8 Å². The van der Waals surface area contributed by atoms with Crippen LogP contribution in [0.1, 0.15) is 16.7 Å². The Morgan fingerprint density at radius 1 is 1.11 bits per heavy atom. The average molecular weight is 387 g/mol. The van der Waals surface area contributed by atoms with E-state index >= 15 is 0 Å². The Bertz CT molecular complexity index is 799. The van der Waals surface area contributed by atoms with Crippen LogP contribution in [0.15, 0.2) is 53.5 Å². The highest BCUT2D eigenvalue weighted by molar-refractivity contribution is 6.43. The molecular weight excluding hydrogens is 364 g/mol. The van der Waals surface area contributed by atoms with E-state index in [1.165, 1.54) is 5.56 Å². The van der Waals surface area contributed by atoms with Gasteiger partial charge in [-0.2, -0.15) is 0 Å². The topological polar surface area (TPSA) is 62.1 Å². The van der Waals surface area contributed by atoms with Crippen molar-refractivity contribution in [2.24, 2.45) is 4.99 Å². The number of aliphatic imine (C=N–C) groups is 1. The fourth-order valence-electron chi connectivity index (χ4n) is 3.01. The van der Waals surface area contributed by atoms with Crippen LogP contribution >= 0.6 is 11.6 Å². The number of rotatable bonds is 7. The van der Waals surface area contributed by atoms with Crippen molar-refractivity contribution < 1.29 is 14.6 Å². The molecule has 27 heavy (non-hydrogen) atoms. The number of carbonyl (C=O) groups is 1. The van der Waals surface area contributed by atoms with Gasteiger partial charge in [0.25, 0.3) is 0 Å². The number of hydrogen-bond acceptors (Lipinski definition) is 4. The second kappa shape index (κ2) is 9.65. The normalized spacial score (nSPS) is 15.7. The molecule has 2 aromatic carbocycles. The van der Waals surface area contributed by atoms with Crippen molar-refractivity contribution in [2.75, 3.05) is 32.8 Å². The van der Waals surface area contributed by atoms with Crippen LogP contribution in [-0.4, -0.2) is 54.5 Å². The zero-order chi connectivity index (χ0) is 19.1. The second-order valence-electron chi connectivity index (χ2n) is 6.50. The molecule has 0 atom stereocenters. The number of morpholine rings is 1. The molecule has 0 unspecified atom stereocenters. The Kier molecular flexibility index (Phi) is 6.98. The highest BCUT2D eigenvalue weighted by atomic mass is 35.5. The summed E-state index contributed by atoms with van der Waals surface area (Å²) < 4.78 is 5.37. The van der Waals surface area contributed by atoms with E-state index in [4.69, 9.17) is 16.3 Å². The molecule has 142 valence electrons. The first-order chi connectivity index (χ1) is 13.1. The van der Waals surface area contributed by atoms with E-state index in [2.05, 4.69) is 22.0 Å². The number of aliphatic carboxylic acids is 1. The molecule has 1 N–H and O–H groups in total. The maximum absolute atomic E-state index is 11.5. The van der Waals surface area contributed by atoms with Gasteiger partial charge in [-0.25, -0.2) is 4.79 Å². The van der Waals surface area contributed by atoms with Gasteiger partial charge < -0.3 is 9.84 Å². The third-order valence-corrected chi connectivity index (χ3v) is 4.80. The number of carboxylic acids is 1. The van der Waals surface area contributed by atoms with Gasteiger partial charge in [-0.15, -0.1) is 0 Å². The maximum atomic E-state index is 11.5. The zero-order valence-corrected chi connectivity index (χ0v) is 15.9. The predicted molar refractivity (Wildman–Crippen MR) is 107 cm³/mol. The Morgan fingerprint density at radius 3 is 2.48 bits per heavy atom. The van der Waals surface area contributed by atoms with Gasteiger partial charge in [0.15, 0.2) is 5.71 Å². The minimum atomic E-state index is -1.06. The summed E-state index contributed by atoms with van der Waals surface area (Å²) in [5.74, 6) is -1.06. The summed E-state index contributed by atoms with van der Waals surface area (Å²) in [6, 6.07) is 14.9. The Morgan fingerprint density at radius 2 is 1.81 bits per heavy atom. The molecule has 1 saturated heterocycles. The number of nitrogens with zero attached hydrogens (tertiary/aromatic N) is 2. The van der Waals surface area contributed by atoms with Crippen LogP contribution in [0.25, 0.3) is 0 Å². The number of hydrogen-bond donors (Lipinski definition) is 1. The van der Waals surface area contributed by atoms with Gasteiger partial charge >= 0.3 is 5.97 Å². The molecule has 3 rings (SSSR count). The quantitative estimate of drug-likeness (QED) is 0.742. The van der Waals surface area contributed by atoms with Gasteiger partial charge in [0.05, 0.1) is 19.8 Å². The largest absolute Gasteiger partial charge is 0.477 e. The summed E-state index contributed by atoms with van der Waals surface area (Å²) >= 11 is 5.96. The highest BCUT2D eigenvalue weighted by Gasteiger charge is 2.13. The summed E-state index contributed by atoms with van der Waals surface area (Å²) in [6.45, 7) is 4.96. The number of carboxylic acid groups (broad SMARTS) is 1. The van der Waals surface area contributed by atoms with E-state index in [9.17, 15) is 9.90 Å². The molecule has 0 radical (unpaired) electrons. The Balaban J connectivity index is 1.60. The SMILES string of the molecule is O=C(O)C(=NCc1ccc(CCN2CCOCC2)cc1)c1cccc(Cl)c1. The minimum absolute atomic E-state index is 0.0221. The van der Waals surface area contributed by atoms with Crippen molar-refractivity contribution >= 4 is 23.3 Å². The van der Waals surface area contributed by atoms with Gasteiger partial charge in [0, 0.05) is 30.2 Å². The molecule has 0 bridgehead atoms. The molecule has 1 aliphatic heterocycles. The minimum Gasteiger partial charge on any atom is -0.477 e. The first kappa shape index (κ1) is 19.5. The fourth-order valence-corrected chi connectivity index (χ4v) is 3.20. The van der Waals surface area contributed by atoms with Crippen molar-refractivity contribution in [2.45, 2.75) is 13.0 Å². The summed E-state index contributed by atoms with van der Waals surface area (Å²) in [5, 5.41) is 9.94. The Labute approximate surface area is 164 Å². The molecule has 0 saturated carbocycles. The highest BCUT2D eigenvalue weighted by Crippen LogP contribution is 2.13. The molecule has 2 aromatic rings. The first-order valence-electron chi connectivity index (χ1n) is 9.03. The molecule has 0 aromatic heterocycles. The Hall–Kier alpha value is -2.21. The summed E-state index contributed by atoms with van der Waals surface area (Å²) in [7, 11) is 0. The monoisotopic (exact) mass is 386 g/mol. The van der Waals surface area contributed by atoms with Crippen molar-refractivity contribution in [3.8, 4) is 0 Å². The lowest BCUT2D eigenvalue weighted by molar-refractivity contribution is -0.129. The van der Waals surface area contributed by atoms with Crippen LogP contribution in [0.3, 0.4) is 0 Å². The molecular formula is C21H23ClN2O3. The van der Waals surface area contributed by atoms with Crippen LogP contribution in [0, 0.1) is 0 Å². The average Bonchev–Trinajstić information content (AvgIpc) is 2.68. The lowest BCUT2D eigenvalue weighted by atomic mass is 10.1. The first-order valence-corrected chi connectivity index (χ1v) is 9.41. The maximum Gasteiger partial charge on any atom is 0.354 e. The molecule has 6 heteroatoms. The number of ether oxygens (including phenoxy) is 1. The van der Waals surface area contributed by atoms with E-state index in [1.54, 1.807) is 24.3 Å². The predicted octanol–water partition coefficient (Wildman–Crippen LogP) is 3.29. The van der Waals surface area contributed by atoms with Crippen molar-refractivity contribution in [1.82, 2.24) is 4.90 Å². The molecule has 1 fully saturated rings.